The number of urea groups is 1. The first-order valence-corrected chi connectivity index (χ1v) is 6.37. The van der Waals surface area contributed by atoms with Crippen molar-refractivity contribution < 1.29 is 9.59 Å². The van der Waals surface area contributed by atoms with Crippen LogP contribution in [0.3, 0.4) is 0 Å². The molecule has 1 saturated heterocycles. The van der Waals surface area contributed by atoms with Gasteiger partial charge in [-0.05, 0) is 20.8 Å². The smallest absolute Gasteiger partial charge is 0.315 e. The number of aliphatic imine (C=N–C) groups is 1. The van der Waals surface area contributed by atoms with E-state index >= 15 is 0 Å². The Hall–Kier alpha value is -2.05. The second-order valence-electron chi connectivity index (χ2n) is 4.98. The quantitative estimate of drug-likeness (QED) is 0.729. The highest BCUT2D eigenvalue weighted by Crippen LogP contribution is 2.35. The first kappa shape index (κ1) is 12.0. The maximum Gasteiger partial charge on any atom is 0.325 e. The van der Waals surface area contributed by atoms with Gasteiger partial charge in [-0.15, -0.1) is 0 Å². The Kier molecular flexibility index (Phi) is 2.35. The lowest BCUT2D eigenvalue weighted by Crippen LogP contribution is -2.63. The highest BCUT2D eigenvalue weighted by molar-refractivity contribution is 6.05. The van der Waals surface area contributed by atoms with Crippen molar-refractivity contribution in [1.29, 1.82) is 0 Å². The predicted molar refractivity (Wildman–Crippen MR) is 68.9 cm³/mol. The van der Waals surface area contributed by atoms with E-state index in [1.54, 1.807) is 7.05 Å². The molecule has 2 unspecified atom stereocenters. The molecule has 7 nitrogen and oxygen atoms in total. The van der Waals surface area contributed by atoms with Gasteiger partial charge in [0.15, 0.2) is 12.2 Å². The van der Waals surface area contributed by atoms with Gasteiger partial charge in [-0.25, -0.2) is 9.79 Å². The normalized spacial score (nSPS) is 29.7. The second kappa shape index (κ2) is 3.72. The van der Waals surface area contributed by atoms with E-state index in [-0.39, 0.29) is 5.91 Å². The molecule has 19 heavy (non-hydrogen) atoms. The monoisotopic (exact) mass is 263 g/mol. The van der Waals surface area contributed by atoms with Crippen LogP contribution in [-0.2, 0) is 4.79 Å². The zero-order valence-electron chi connectivity index (χ0n) is 11.5. The molecule has 7 heteroatoms. The third-order valence-electron chi connectivity index (χ3n) is 4.09. The molecule has 0 radical (unpaired) electrons. The molecule has 3 amide bonds. The lowest BCUT2D eigenvalue weighted by atomic mass is 10.1. The summed E-state index contributed by atoms with van der Waals surface area (Å²) in [6.45, 7) is 6.83. The van der Waals surface area contributed by atoms with Crippen LogP contribution in [0.4, 0.5) is 4.79 Å². The van der Waals surface area contributed by atoms with Gasteiger partial charge < -0.3 is 9.80 Å². The zero-order chi connectivity index (χ0) is 13.9. The van der Waals surface area contributed by atoms with Crippen molar-refractivity contribution in [3.8, 4) is 0 Å². The summed E-state index contributed by atoms with van der Waals surface area (Å²) in [5.41, 5.74) is 2.12. The number of amides is 3. The van der Waals surface area contributed by atoms with Crippen LogP contribution in [0.15, 0.2) is 16.4 Å². The van der Waals surface area contributed by atoms with Crippen LogP contribution in [0.2, 0.25) is 0 Å². The lowest BCUT2D eigenvalue weighted by molar-refractivity contribution is -0.126. The number of nitrogens with one attached hydrogen (secondary N) is 1. The molecule has 3 rings (SSSR count). The molecule has 0 aliphatic carbocycles. The summed E-state index contributed by atoms with van der Waals surface area (Å²) >= 11 is 0. The molecule has 3 aliphatic rings. The van der Waals surface area contributed by atoms with Crippen molar-refractivity contribution in [3.63, 3.8) is 0 Å². The topological polar surface area (TPSA) is 68.2 Å². The number of imide groups is 1. The summed E-state index contributed by atoms with van der Waals surface area (Å²) in [6.07, 6.45) is -0.437. The van der Waals surface area contributed by atoms with E-state index in [0.29, 0.717) is 0 Å². The maximum atomic E-state index is 12.1. The number of rotatable bonds is 1. The van der Waals surface area contributed by atoms with Crippen LogP contribution in [0.5, 0.6) is 0 Å². The third-order valence-corrected chi connectivity index (χ3v) is 4.09. The summed E-state index contributed by atoms with van der Waals surface area (Å²) in [4.78, 5) is 33.8. The van der Waals surface area contributed by atoms with E-state index in [4.69, 9.17) is 0 Å². The molecule has 1 fully saturated rings. The van der Waals surface area contributed by atoms with Crippen molar-refractivity contribution in [2.75, 3.05) is 13.6 Å². The van der Waals surface area contributed by atoms with Gasteiger partial charge in [0, 0.05) is 25.0 Å². The summed E-state index contributed by atoms with van der Waals surface area (Å²) in [7, 11) is 1.66. The summed E-state index contributed by atoms with van der Waals surface area (Å²) in [5.74, 6) is 0.487. The van der Waals surface area contributed by atoms with Gasteiger partial charge in [0.1, 0.15) is 0 Å². The molecular weight excluding hydrogens is 246 g/mol. The van der Waals surface area contributed by atoms with E-state index in [9.17, 15) is 9.59 Å². The number of fused-ring (bicyclic) bond motifs is 3. The molecule has 0 aromatic rings. The number of allylic oxidation sites excluding steroid dienone is 2. The molecule has 2 atom stereocenters. The number of likely N-dealkylation sites (N-methyl/N-ethyl adjacent to an activating group) is 1. The van der Waals surface area contributed by atoms with Gasteiger partial charge in [0.2, 0.25) is 5.96 Å². The standard InChI is InChI=1S/C12H17N5O2/c1-5-16-6(2)7(3)17-8-9(13-11(16)17)15(4)12(19)14-10(8)18/h8-9H,5H2,1-4H3,(H,14,18,19). The van der Waals surface area contributed by atoms with Gasteiger partial charge in [-0.3, -0.25) is 15.0 Å². The summed E-state index contributed by atoms with van der Waals surface area (Å²) < 4.78 is 0. The number of nitrogens with zero attached hydrogens (tertiary/aromatic N) is 4. The first-order valence-electron chi connectivity index (χ1n) is 6.37. The number of guanidine groups is 1. The minimum absolute atomic E-state index is 0.281. The molecule has 102 valence electrons. The number of carbonyl (C=O) groups is 2. The third kappa shape index (κ3) is 1.35. The van der Waals surface area contributed by atoms with Crippen LogP contribution in [0, 0.1) is 0 Å². The second-order valence-corrected chi connectivity index (χ2v) is 4.98. The van der Waals surface area contributed by atoms with Crippen molar-refractivity contribution in [1.82, 2.24) is 20.0 Å². The van der Waals surface area contributed by atoms with Crippen LogP contribution in [0.1, 0.15) is 20.8 Å². The maximum absolute atomic E-state index is 12.1. The van der Waals surface area contributed by atoms with E-state index in [1.807, 2.05) is 25.7 Å². The SMILES string of the molecule is CCN1C2=NC3C(C(=O)NC(=O)N3C)N2C(C)=C1C. The van der Waals surface area contributed by atoms with Crippen molar-refractivity contribution in [2.24, 2.45) is 4.99 Å². The molecule has 0 aromatic heterocycles. The van der Waals surface area contributed by atoms with Gasteiger partial charge in [0.05, 0.1) is 0 Å². The number of hydrogen-bond acceptors (Lipinski definition) is 5. The van der Waals surface area contributed by atoms with E-state index < -0.39 is 18.2 Å². The van der Waals surface area contributed by atoms with Crippen LogP contribution < -0.4 is 5.32 Å². The van der Waals surface area contributed by atoms with Crippen LogP contribution in [-0.4, -0.2) is 58.4 Å². The lowest BCUT2D eigenvalue weighted by Gasteiger charge is -2.35. The minimum atomic E-state index is -0.454. The zero-order valence-corrected chi connectivity index (χ0v) is 11.5. The first-order chi connectivity index (χ1) is 8.97. The Morgan fingerprint density at radius 1 is 1.26 bits per heavy atom. The van der Waals surface area contributed by atoms with Crippen LogP contribution >= 0.6 is 0 Å². The Balaban J connectivity index is 2.05. The fraction of sp³-hybridized carbons (Fsp3) is 0.583. The Labute approximate surface area is 111 Å². The van der Waals surface area contributed by atoms with Gasteiger partial charge in [-0.2, -0.15) is 0 Å². The van der Waals surface area contributed by atoms with Crippen LogP contribution in [0.25, 0.3) is 0 Å². The van der Waals surface area contributed by atoms with Gasteiger partial charge >= 0.3 is 6.03 Å². The Morgan fingerprint density at radius 3 is 2.58 bits per heavy atom. The highest BCUT2D eigenvalue weighted by atomic mass is 16.2. The fourth-order valence-electron chi connectivity index (χ4n) is 2.90. The average molecular weight is 263 g/mol. The Morgan fingerprint density at radius 2 is 1.95 bits per heavy atom. The minimum Gasteiger partial charge on any atom is -0.315 e. The summed E-state index contributed by atoms with van der Waals surface area (Å²) in [5, 5.41) is 2.37. The van der Waals surface area contributed by atoms with Gasteiger partial charge in [0.25, 0.3) is 5.91 Å². The molecule has 0 aromatic carbocycles. The van der Waals surface area contributed by atoms with Crippen molar-refractivity contribution in [2.45, 2.75) is 33.0 Å². The molecule has 0 saturated carbocycles. The fourth-order valence-corrected chi connectivity index (χ4v) is 2.90. The highest BCUT2D eigenvalue weighted by Gasteiger charge is 2.52. The van der Waals surface area contributed by atoms with E-state index in [1.165, 1.54) is 4.90 Å². The average Bonchev–Trinajstić information content (AvgIpc) is 2.85. The summed E-state index contributed by atoms with van der Waals surface area (Å²) in [6, 6.07) is -0.845. The molecule has 1 N–H and O–H groups in total. The van der Waals surface area contributed by atoms with Crippen molar-refractivity contribution in [3.05, 3.63) is 11.4 Å². The predicted octanol–water partition coefficient (Wildman–Crippen LogP) is 0.121. The number of carbonyl (C=O) groups excluding carboxylic acids is 2. The van der Waals surface area contributed by atoms with E-state index in [0.717, 1.165) is 23.9 Å². The molecule has 3 heterocycles. The van der Waals surface area contributed by atoms with Gasteiger partial charge in [-0.1, -0.05) is 0 Å². The van der Waals surface area contributed by atoms with E-state index in [2.05, 4.69) is 15.2 Å². The molecule has 0 bridgehead atoms. The number of hydrogen-bond donors (Lipinski definition) is 1. The molecule has 3 aliphatic heterocycles. The Bertz CT molecular complexity index is 538. The largest absolute Gasteiger partial charge is 0.325 e. The molecular formula is C12H17N5O2. The molecule has 0 spiro atoms. The van der Waals surface area contributed by atoms with Crippen molar-refractivity contribution >= 4 is 17.9 Å².